The standard InChI is InChI=1S/C11H12F2O3S/c1-3-10(2,14)11(12,13)17(15,16)9-7-5-4-6-8-9/h3-8,14H,1H2,2H3. The summed E-state index contributed by atoms with van der Waals surface area (Å²) in [5.74, 6) is 0. The highest BCUT2D eigenvalue weighted by molar-refractivity contribution is 7.92. The predicted molar refractivity (Wildman–Crippen MR) is 59.4 cm³/mol. The summed E-state index contributed by atoms with van der Waals surface area (Å²) < 4.78 is 50.9. The third-order valence-electron chi connectivity index (χ3n) is 2.38. The van der Waals surface area contributed by atoms with Gasteiger partial charge in [0.1, 0.15) is 0 Å². The highest BCUT2D eigenvalue weighted by atomic mass is 32.2. The van der Waals surface area contributed by atoms with Crippen molar-refractivity contribution in [2.45, 2.75) is 22.7 Å². The smallest absolute Gasteiger partial charge is 0.379 e. The van der Waals surface area contributed by atoms with Gasteiger partial charge in [-0.15, -0.1) is 0 Å². The van der Waals surface area contributed by atoms with E-state index in [1.165, 1.54) is 18.2 Å². The maximum Gasteiger partial charge on any atom is 0.380 e. The molecule has 0 aliphatic heterocycles. The van der Waals surface area contributed by atoms with Gasteiger partial charge < -0.3 is 5.11 Å². The molecule has 3 nitrogen and oxygen atoms in total. The van der Waals surface area contributed by atoms with Crippen LogP contribution in [0.25, 0.3) is 0 Å². The van der Waals surface area contributed by atoms with Crippen LogP contribution in [0.15, 0.2) is 47.9 Å². The summed E-state index contributed by atoms with van der Waals surface area (Å²) in [6.07, 6.45) is 0.507. The van der Waals surface area contributed by atoms with Gasteiger partial charge in [0, 0.05) is 0 Å². The van der Waals surface area contributed by atoms with Crippen molar-refractivity contribution in [2.24, 2.45) is 0 Å². The van der Waals surface area contributed by atoms with Crippen LogP contribution < -0.4 is 0 Å². The maximum atomic E-state index is 13.8. The first-order valence-electron chi connectivity index (χ1n) is 4.70. The van der Waals surface area contributed by atoms with E-state index in [0.29, 0.717) is 13.0 Å². The van der Waals surface area contributed by atoms with Crippen molar-refractivity contribution < 1.29 is 22.3 Å². The molecular formula is C11H12F2O3S. The first-order valence-corrected chi connectivity index (χ1v) is 6.18. The molecule has 1 N–H and O–H groups in total. The average Bonchev–Trinajstić information content (AvgIpc) is 2.29. The van der Waals surface area contributed by atoms with Crippen molar-refractivity contribution in [3.63, 3.8) is 0 Å². The number of rotatable bonds is 4. The van der Waals surface area contributed by atoms with Crippen LogP contribution in [-0.2, 0) is 9.84 Å². The summed E-state index contributed by atoms with van der Waals surface area (Å²) in [5, 5.41) is 5.06. The molecule has 0 saturated heterocycles. The van der Waals surface area contributed by atoms with Gasteiger partial charge in [-0.2, -0.15) is 8.78 Å². The van der Waals surface area contributed by atoms with E-state index in [0.717, 1.165) is 12.1 Å². The summed E-state index contributed by atoms with van der Waals surface area (Å²) in [6, 6.07) is 6.24. The molecule has 0 amide bonds. The minimum Gasteiger partial charge on any atom is -0.379 e. The van der Waals surface area contributed by atoms with Gasteiger partial charge >= 0.3 is 5.25 Å². The van der Waals surface area contributed by atoms with Gasteiger partial charge in [-0.25, -0.2) is 8.42 Å². The van der Waals surface area contributed by atoms with Crippen LogP contribution in [0.2, 0.25) is 0 Å². The molecule has 0 spiro atoms. The van der Waals surface area contributed by atoms with Gasteiger partial charge in [0.05, 0.1) is 4.90 Å². The Morgan fingerprint density at radius 1 is 1.29 bits per heavy atom. The molecule has 94 valence electrons. The van der Waals surface area contributed by atoms with Crippen molar-refractivity contribution in [2.75, 3.05) is 0 Å². The van der Waals surface area contributed by atoms with E-state index in [4.69, 9.17) is 0 Å². The molecule has 6 heteroatoms. The van der Waals surface area contributed by atoms with E-state index in [-0.39, 0.29) is 0 Å². The summed E-state index contributed by atoms with van der Waals surface area (Å²) >= 11 is 0. The Labute approximate surface area is 98.3 Å². The Bertz CT molecular complexity index is 507. The summed E-state index contributed by atoms with van der Waals surface area (Å²) in [5.41, 5.74) is -2.83. The zero-order valence-corrected chi connectivity index (χ0v) is 9.92. The summed E-state index contributed by atoms with van der Waals surface area (Å²) in [4.78, 5) is -0.549. The lowest BCUT2D eigenvalue weighted by Crippen LogP contribution is -2.49. The van der Waals surface area contributed by atoms with Crippen LogP contribution in [-0.4, -0.2) is 24.4 Å². The third kappa shape index (κ3) is 2.10. The quantitative estimate of drug-likeness (QED) is 0.844. The second-order valence-corrected chi connectivity index (χ2v) is 5.68. The fourth-order valence-electron chi connectivity index (χ4n) is 1.14. The van der Waals surface area contributed by atoms with Crippen LogP contribution >= 0.6 is 0 Å². The zero-order valence-electron chi connectivity index (χ0n) is 9.10. The van der Waals surface area contributed by atoms with E-state index in [9.17, 15) is 22.3 Å². The molecule has 1 aromatic carbocycles. The van der Waals surface area contributed by atoms with E-state index in [2.05, 4.69) is 6.58 Å². The van der Waals surface area contributed by atoms with Gasteiger partial charge in [-0.05, 0) is 19.1 Å². The number of hydrogen-bond acceptors (Lipinski definition) is 3. The SMILES string of the molecule is C=CC(C)(O)C(F)(F)S(=O)(=O)c1ccccc1. The zero-order chi connectivity index (χ0) is 13.3. The number of alkyl halides is 2. The maximum absolute atomic E-state index is 13.8. The number of aliphatic hydroxyl groups is 1. The number of halogens is 2. The van der Waals surface area contributed by atoms with Crippen molar-refractivity contribution in [3.05, 3.63) is 43.0 Å². The lowest BCUT2D eigenvalue weighted by atomic mass is 10.1. The normalized spacial score (nSPS) is 16.2. The lowest BCUT2D eigenvalue weighted by Gasteiger charge is -2.29. The summed E-state index contributed by atoms with van der Waals surface area (Å²) in [7, 11) is -4.96. The molecule has 17 heavy (non-hydrogen) atoms. The van der Waals surface area contributed by atoms with Crippen molar-refractivity contribution in [1.29, 1.82) is 0 Å². The predicted octanol–water partition coefficient (Wildman–Crippen LogP) is 1.99. The van der Waals surface area contributed by atoms with E-state index in [1.54, 1.807) is 0 Å². The highest BCUT2D eigenvalue weighted by Gasteiger charge is 2.58. The van der Waals surface area contributed by atoms with Crippen molar-refractivity contribution >= 4 is 9.84 Å². The Kier molecular flexibility index (Phi) is 3.40. The Morgan fingerprint density at radius 3 is 2.18 bits per heavy atom. The van der Waals surface area contributed by atoms with E-state index in [1.807, 2.05) is 0 Å². The van der Waals surface area contributed by atoms with Gasteiger partial charge in [0.15, 0.2) is 5.60 Å². The molecule has 0 bridgehead atoms. The molecule has 1 rings (SSSR count). The number of sulfone groups is 1. The topological polar surface area (TPSA) is 54.4 Å². The van der Waals surface area contributed by atoms with Gasteiger partial charge in [-0.1, -0.05) is 30.9 Å². The highest BCUT2D eigenvalue weighted by Crippen LogP contribution is 2.38. The van der Waals surface area contributed by atoms with E-state index >= 15 is 0 Å². The second kappa shape index (κ2) is 4.19. The van der Waals surface area contributed by atoms with Crippen molar-refractivity contribution in [1.82, 2.24) is 0 Å². The molecule has 0 aliphatic carbocycles. The fourth-order valence-corrected chi connectivity index (χ4v) is 2.58. The average molecular weight is 262 g/mol. The van der Waals surface area contributed by atoms with Gasteiger partial charge in [-0.3, -0.25) is 0 Å². The Morgan fingerprint density at radius 2 is 1.76 bits per heavy atom. The van der Waals surface area contributed by atoms with Crippen LogP contribution in [0.3, 0.4) is 0 Å². The number of hydrogen-bond donors (Lipinski definition) is 1. The molecule has 0 saturated carbocycles. The molecule has 1 atom stereocenters. The molecule has 0 radical (unpaired) electrons. The van der Waals surface area contributed by atoms with Crippen molar-refractivity contribution in [3.8, 4) is 0 Å². The van der Waals surface area contributed by atoms with Crippen LogP contribution in [0.4, 0.5) is 8.78 Å². The summed E-state index contributed by atoms with van der Waals surface area (Å²) in [6.45, 7) is 3.71. The number of benzene rings is 1. The molecule has 0 heterocycles. The Balaban J connectivity index is 3.39. The fraction of sp³-hybridized carbons (Fsp3) is 0.273. The first-order chi connectivity index (χ1) is 7.67. The molecule has 1 aromatic rings. The lowest BCUT2D eigenvalue weighted by molar-refractivity contribution is -0.0825. The monoisotopic (exact) mass is 262 g/mol. The Hall–Kier alpha value is -1.27. The van der Waals surface area contributed by atoms with Gasteiger partial charge in [0.25, 0.3) is 0 Å². The second-order valence-electron chi connectivity index (χ2n) is 3.68. The van der Waals surface area contributed by atoms with E-state index < -0.39 is 25.6 Å². The van der Waals surface area contributed by atoms with Gasteiger partial charge in [0.2, 0.25) is 9.84 Å². The largest absolute Gasteiger partial charge is 0.380 e. The first kappa shape index (κ1) is 13.8. The van der Waals surface area contributed by atoms with Crippen LogP contribution in [0.1, 0.15) is 6.92 Å². The molecular weight excluding hydrogens is 250 g/mol. The third-order valence-corrected chi connectivity index (χ3v) is 4.36. The minimum atomic E-state index is -4.96. The minimum absolute atomic E-state index is 0.507. The van der Waals surface area contributed by atoms with Crippen LogP contribution in [0.5, 0.6) is 0 Å². The molecule has 0 aliphatic rings. The molecule has 0 aromatic heterocycles. The molecule has 1 unspecified atom stereocenters. The van der Waals surface area contributed by atoms with Crippen LogP contribution in [0, 0.1) is 0 Å². The molecule has 0 fully saturated rings.